The van der Waals surface area contributed by atoms with E-state index in [1.165, 1.54) is 11.3 Å². The van der Waals surface area contributed by atoms with Gasteiger partial charge in [0.2, 0.25) is 0 Å². The number of nitrogens with zero attached hydrogens (tertiary/aromatic N) is 1. The molecule has 0 saturated heterocycles. The molecule has 2 atom stereocenters. The van der Waals surface area contributed by atoms with Gasteiger partial charge in [-0.25, -0.2) is 9.78 Å². The number of amides is 2. The molecular weight excluding hydrogens is 302 g/mol. The van der Waals surface area contributed by atoms with Crippen molar-refractivity contribution < 1.29 is 14.3 Å². The first-order valence-electron chi connectivity index (χ1n) is 7.03. The van der Waals surface area contributed by atoms with Crippen LogP contribution in [0, 0.1) is 13.8 Å². The van der Waals surface area contributed by atoms with Crippen molar-refractivity contribution in [1.82, 2.24) is 15.6 Å². The molecule has 0 bridgehead atoms. The molecule has 2 rings (SSSR count). The number of carbonyl (C=O) groups is 1. The Hall–Kier alpha value is -1.86. The number of aryl methyl sites for hydroxylation is 2. The third-order valence-electron chi connectivity index (χ3n) is 3.22. The molecule has 7 heteroatoms. The lowest BCUT2D eigenvalue weighted by Gasteiger charge is -2.22. The average molecular weight is 323 g/mol. The van der Waals surface area contributed by atoms with Crippen molar-refractivity contribution in [2.75, 3.05) is 6.54 Å². The van der Waals surface area contributed by atoms with E-state index in [-0.39, 0.29) is 18.6 Å². The van der Waals surface area contributed by atoms with E-state index < -0.39 is 5.60 Å². The minimum absolute atomic E-state index is 0.0510. The summed E-state index contributed by atoms with van der Waals surface area (Å²) >= 11 is 1.50. The summed E-state index contributed by atoms with van der Waals surface area (Å²) in [7, 11) is 0. The molecule has 0 spiro atoms. The molecule has 0 saturated carbocycles. The topological polar surface area (TPSA) is 87.4 Å². The molecular formula is C15H21N3O3S. The summed E-state index contributed by atoms with van der Waals surface area (Å²) in [4.78, 5) is 16.3. The van der Waals surface area contributed by atoms with Crippen LogP contribution in [0.5, 0.6) is 0 Å². The minimum atomic E-state index is -1.26. The highest BCUT2D eigenvalue weighted by molar-refractivity contribution is 7.09. The zero-order valence-corrected chi connectivity index (χ0v) is 14.0. The van der Waals surface area contributed by atoms with Gasteiger partial charge in [-0.15, -0.1) is 11.3 Å². The van der Waals surface area contributed by atoms with Gasteiger partial charge in [0.1, 0.15) is 22.1 Å². The van der Waals surface area contributed by atoms with E-state index in [9.17, 15) is 9.90 Å². The molecule has 6 nitrogen and oxygen atoms in total. The van der Waals surface area contributed by atoms with Gasteiger partial charge in [-0.1, -0.05) is 0 Å². The standard InChI is InChI=1S/C15H21N3O3S/c1-9-7-22-13(17-9)11(3)18-14(19)16-8-15(4,20)12-6-5-10(2)21-12/h5-7,11,20H,8H2,1-4H3,(H2,16,18,19)/t11-,15+/m1/s1. The molecule has 2 heterocycles. The van der Waals surface area contributed by atoms with Gasteiger partial charge < -0.3 is 20.2 Å². The van der Waals surface area contributed by atoms with Crippen molar-refractivity contribution in [3.63, 3.8) is 0 Å². The maximum absolute atomic E-state index is 11.9. The fourth-order valence-corrected chi connectivity index (χ4v) is 2.75. The third-order valence-corrected chi connectivity index (χ3v) is 4.36. The highest BCUT2D eigenvalue weighted by Crippen LogP contribution is 2.22. The summed E-state index contributed by atoms with van der Waals surface area (Å²) in [6, 6.07) is 2.94. The Labute approximate surface area is 133 Å². The van der Waals surface area contributed by atoms with Crippen LogP contribution in [-0.4, -0.2) is 22.7 Å². The lowest BCUT2D eigenvalue weighted by molar-refractivity contribution is 0.0359. The monoisotopic (exact) mass is 323 g/mol. The highest BCUT2D eigenvalue weighted by Gasteiger charge is 2.27. The average Bonchev–Trinajstić information content (AvgIpc) is 3.05. The second-order valence-electron chi connectivity index (χ2n) is 5.56. The Morgan fingerprint density at radius 1 is 1.50 bits per heavy atom. The van der Waals surface area contributed by atoms with Gasteiger partial charge in [-0.2, -0.15) is 0 Å². The van der Waals surface area contributed by atoms with Crippen molar-refractivity contribution in [2.24, 2.45) is 0 Å². The molecule has 0 aliphatic rings. The maximum atomic E-state index is 11.9. The number of aromatic nitrogens is 1. The Balaban J connectivity index is 1.87. The summed E-state index contributed by atoms with van der Waals surface area (Å²) in [5.74, 6) is 1.14. The van der Waals surface area contributed by atoms with E-state index in [1.807, 2.05) is 19.2 Å². The van der Waals surface area contributed by atoms with Crippen LogP contribution in [0.1, 0.15) is 42.1 Å². The number of furan rings is 1. The largest absolute Gasteiger partial charge is 0.463 e. The number of nitrogens with one attached hydrogen (secondary N) is 2. The van der Waals surface area contributed by atoms with Crippen LogP contribution in [-0.2, 0) is 5.60 Å². The summed E-state index contributed by atoms with van der Waals surface area (Å²) in [5, 5.41) is 18.6. The first kappa shape index (κ1) is 16.5. The van der Waals surface area contributed by atoms with Gasteiger partial charge in [-0.3, -0.25) is 0 Å². The number of aliphatic hydroxyl groups is 1. The van der Waals surface area contributed by atoms with E-state index in [2.05, 4.69) is 15.6 Å². The van der Waals surface area contributed by atoms with Crippen molar-refractivity contribution in [3.05, 3.63) is 39.7 Å². The SMILES string of the molecule is Cc1csc([C@@H](C)NC(=O)NC[C@](C)(O)c2ccc(C)o2)n1. The molecule has 2 amide bonds. The Morgan fingerprint density at radius 2 is 2.23 bits per heavy atom. The molecule has 0 unspecified atom stereocenters. The molecule has 0 aromatic carbocycles. The highest BCUT2D eigenvalue weighted by atomic mass is 32.1. The second-order valence-corrected chi connectivity index (χ2v) is 6.45. The van der Waals surface area contributed by atoms with Crippen LogP contribution >= 0.6 is 11.3 Å². The number of carbonyl (C=O) groups excluding carboxylic acids is 1. The van der Waals surface area contributed by atoms with E-state index in [0.29, 0.717) is 11.5 Å². The fourth-order valence-electron chi connectivity index (χ4n) is 1.94. The summed E-state index contributed by atoms with van der Waals surface area (Å²) in [5.41, 5.74) is -0.322. The molecule has 3 N–H and O–H groups in total. The Bertz CT molecular complexity index is 648. The number of rotatable bonds is 5. The zero-order chi connectivity index (χ0) is 16.3. The predicted molar refractivity (Wildman–Crippen MR) is 84.8 cm³/mol. The normalized spacial score (nSPS) is 15.1. The third kappa shape index (κ3) is 4.08. The lowest BCUT2D eigenvalue weighted by atomic mass is 10.0. The zero-order valence-electron chi connectivity index (χ0n) is 13.1. The quantitative estimate of drug-likeness (QED) is 0.789. The Kier molecular flexibility index (Phi) is 4.87. The number of urea groups is 1. The van der Waals surface area contributed by atoms with E-state index in [0.717, 1.165) is 10.7 Å². The smallest absolute Gasteiger partial charge is 0.315 e. The number of hydrogen-bond donors (Lipinski definition) is 3. The van der Waals surface area contributed by atoms with Crippen molar-refractivity contribution in [1.29, 1.82) is 0 Å². The molecule has 0 fully saturated rings. The van der Waals surface area contributed by atoms with Crippen LogP contribution in [0.2, 0.25) is 0 Å². The predicted octanol–water partition coefficient (Wildman–Crippen LogP) is 2.62. The summed E-state index contributed by atoms with van der Waals surface area (Å²) in [6.07, 6.45) is 0. The minimum Gasteiger partial charge on any atom is -0.463 e. The van der Waals surface area contributed by atoms with Crippen LogP contribution in [0.15, 0.2) is 21.9 Å². The van der Waals surface area contributed by atoms with Gasteiger partial charge in [0, 0.05) is 11.1 Å². The molecule has 2 aromatic rings. The maximum Gasteiger partial charge on any atom is 0.315 e. The van der Waals surface area contributed by atoms with Crippen LogP contribution in [0.25, 0.3) is 0 Å². The van der Waals surface area contributed by atoms with Crippen molar-refractivity contribution >= 4 is 17.4 Å². The van der Waals surface area contributed by atoms with Gasteiger partial charge >= 0.3 is 6.03 Å². The van der Waals surface area contributed by atoms with Crippen LogP contribution < -0.4 is 10.6 Å². The van der Waals surface area contributed by atoms with Crippen molar-refractivity contribution in [3.8, 4) is 0 Å². The van der Waals surface area contributed by atoms with Crippen LogP contribution in [0.4, 0.5) is 4.79 Å². The molecule has 0 radical (unpaired) electrons. The van der Waals surface area contributed by atoms with Gasteiger partial charge in [0.05, 0.1) is 12.6 Å². The van der Waals surface area contributed by atoms with Crippen LogP contribution in [0.3, 0.4) is 0 Å². The Morgan fingerprint density at radius 3 is 2.77 bits per heavy atom. The first-order valence-corrected chi connectivity index (χ1v) is 7.91. The summed E-state index contributed by atoms with van der Waals surface area (Å²) < 4.78 is 5.40. The van der Waals surface area contributed by atoms with E-state index in [4.69, 9.17) is 4.42 Å². The van der Waals surface area contributed by atoms with E-state index >= 15 is 0 Å². The molecule has 2 aromatic heterocycles. The molecule has 0 aliphatic carbocycles. The molecule has 120 valence electrons. The van der Waals surface area contributed by atoms with Gasteiger partial charge in [0.15, 0.2) is 0 Å². The number of hydrogen-bond acceptors (Lipinski definition) is 5. The lowest BCUT2D eigenvalue weighted by Crippen LogP contribution is -2.44. The van der Waals surface area contributed by atoms with Gasteiger partial charge in [0.25, 0.3) is 0 Å². The summed E-state index contributed by atoms with van der Waals surface area (Å²) in [6.45, 7) is 7.23. The van der Waals surface area contributed by atoms with E-state index in [1.54, 1.807) is 26.0 Å². The first-order chi connectivity index (χ1) is 10.3. The molecule has 22 heavy (non-hydrogen) atoms. The number of thiazole rings is 1. The van der Waals surface area contributed by atoms with Gasteiger partial charge in [-0.05, 0) is 39.8 Å². The van der Waals surface area contributed by atoms with Crippen molar-refractivity contribution in [2.45, 2.75) is 39.3 Å². The second kappa shape index (κ2) is 6.50. The molecule has 0 aliphatic heterocycles. The fraction of sp³-hybridized carbons (Fsp3) is 0.467.